The van der Waals surface area contributed by atoms with Crippen molar-refractivity contribution >= 4 is 11.4 Å². The van der Waals surface area contributed by atoms with E-state index in [9.17, 15) is 5.11 Å². The van der Waals surface area contributed by atoms with Gasteiger partial charge in [-0.15, -0.1) is 0 Å². The van der Waals surface area contributed by atoms with Crippen molar-refractivity contribution in [3.8, 4) is 5.75 Å². The molecule has 0 bridgehead atoms. The lowest BCUT2D eigenvalue weighted by Crippen LogP contribution is -2.19. The summed E-state index contributed by atoms with van der Waals surface area (Å²) in [6.45, 7) is 0. The van der Waals surface area contributed by atoms with E-state index in [1.165, 1.54) is 0 Å². The molecule has 0 amide bonds. The number of phenolic OH excluding ortho intramolecular Hbond substituents is 1. The van der Waals surface area contributed by atoms with Gasteiger partial charge in [0.25, 0.3) is 0 Å². The van der Waals surface area contributed by atoms with E-state index in [0.717, 1.165) is 16.9 Å². The molecule has 0 aromatic heterocycles. The van der Waals surface area contributed by atoms with Crippen LogP contribution in [-0.2, 0) is 0 Å². The Hall–Kier alpha value is -2.94. The van der Waals surface area contributed by atoms with Gasteiger partial charge in [-0.05, 0) is 30.3 Å². The Labute approximate surface area is 130 Å². The fourth-order valence-electron chi connectivity index (χ4n) is 2.25. The van der Waals surface area contributed by atoms with Crippen molar-refractivity contribution in [3.05, 3.63) is 90.5 Å². The second kappa shape index (κ2) is 6.68. The summed E-state index contributed by atoms with van der Waals surface area (Å²) in [4.78, 5) is 0. The normalized spacial score (nSPS) is 10.4. The van der Waals surface area contributed by atoms with E-state index in [1.807, 2.05) is 72.8 Å². The minimum Gasteiger partial charge on any atom is -0.508 e. The van der Waals surface area contributed by atoms with E-state index in [-0.39, 0.29) is 11.9 Å². The molecule has 1 unspecified atom stereocenters. The zero-order valence-corrected chi connectivity index (χ0v) is 12.1. The molecule has 0 heterocycles. The molecule has 3 aromatic carbocycles. The van der Waals surface area contributed by atoms with Gasteiger partial charge in [-0.25, -0.2) is 0 Å². The van der Waals surface area contributed by atoms with Gasteiger partial charge in [-0.2, -0.15) is 0 Å². The monoisotopic (exact) mass is 289 g/mol. The van der Waals surface area contributed by atoms with Crippen LogP contribution in [0.1, 0.15) is 11.7 Å². The SMILES string of the molecule is Oc1ccccc1C([N]c1ccccc1)Nc1ccccc1. The smallest absolute Gasteiger partial charge is 0.148 e. The van der Waals surface area contributed by atoms with Gasteiger partial charge >= 0.3 is 0 Å². The van der Waals surface area contributed by atoms with E-state index in [4.69, 9.17) is 5.32 Å². The van der Waals surface area contributed by atoms with Crippen molar-refractivity contribution in [2.24, 2.45) is 0 Å². The van der Waals surface area contributed by atoms with Crippen molar-refractivity contribution in [2.45, 2.75) is 6.17 Å². The summed E-state index contributed by atoms with van der Waals surface area (Å²) >= 11 is 0. The summed E-state index contributed by atoms with van der Waals surface area (Å²) < 4.78 is 0. The second-order valence-electron chi connectivity index (χ2n) is 4.94. The topological polar surface area (TPSA) is 46.4 Å². The molecule has 0 aliphatic carbocycles. The minimum absolute atomic E-state index is 0.232. The zero-order chi connectivity index (χ0) is 15.2. The molecule has 0 aliphatic heterocycles. The molecule has 1 atom stereocenters. The van der Waals surface area contributed by atoms with E-state index in [0.29, 0.717) is 0 Å². The van der Waals surface area contributed by atoms with E-state index < -0.39 is 0 Å². The molecule has 2 N–H and O–H groups in total. The molecular formula is C19H17N2O. The highest BCUT2D eigenvalue weighted by Crippen LogP contribution is 2.28. The summed E-state index contributed by atoms with van der Waals surface area (Å²) in [5, 5.41) is 18.2. The fraction of sp³-hybridized carbons (Fsp3) is 0.0526. The third-order valence-electron chi connectivity index (χ3n) is 3.34. The molecule has 3 aromatic rings. The molecule has 3 nitrogen and oxygen atoms in total. The lowest BCUT2D eigenvalue weighted by atomic mass is 10.1. The van der Waals surface area contributed by atoms with Crippen LogP contribution in [0.4, 0.5) is 11.4 Å². The highest BCUT2D eigenvalue weighted by atomic mass is 16.3. The highest BCUT2D eigenvalue weighted by molar-refractivity contribution is 5.49. The lowest BCUT2D eigenvalue weighted by Gasteiger charge is -2.21. The maximum Gasteiger partial charge on any atom is 0.148 e. The van der Waals surface area contributed by atoms with Gasteiger partial charge in [-0.1, -0.05) is 54.6 Å². The Morgan fingerprint density at radius 1 is 0.727 bits per heavy atom. The molecule has 0 aliphatic rings. The van der Waals surface area contributed by atoms with Crippen molar-refractivity contribution in [1.29, 1.82) is 0 Å². The summed E-state index contributed by atoms with van der Waals surface area (Å²) in [6, 6.07) is 26.9. The number of hydrogen-bond donors (Lipinski definition) is 2. The molecular weight excluding hydrogens is 272 g/mol. The van der Waals surface area contributed by atoms with Gasteiger partial charge in [0, 0.05) is 11.3 Å². The van der Waals surface area contributed by atoms with Gasteiger partial charge in [0.2, 0.25) is 0 Å². The van der Waals surface area contributed by atoms with Gasteiger partial charge in [0.1, 0.15) is 11.9 Å². The minimum atomic E-state index is -0.356. The first-order valence-electron chi connectivity index (χ1n) is 7.18. The van der Waals surface area contributed by atoms with Crippen LogP contribution in [-0.4, -0.2) is 5.11 Å². The van der Waals surface area contributed by atoms with Crippen molar-refractivity contribution in [3.63, 3.8) is 0 Å². The number of nitrogens with one attached hydrogen (secondary N) is 1. The maximum atomic E-state index is 10.1. The Balaban J connectivity index is 1.90. The predicted octanol–water partition coefficient (Wildman–Crippen LogP) is 4.44. The number of rotatable bonds is 5. The summed E-state index contributed by atoms with van der Waals surface area (Å²) in [6.07, 6.45) is -0.356. The standard InChI is InChI=1S/C19H17N2O/c22-18-14-8-7-13-17(18)19(20-15-9-3-1-4-10-15)21-16-11-5-2-6-12-16/h1-14,19-20,22H. The molecule has 1 radical (unpaired) electrons. The van der Waals surface area contributed by atoms with Gasteiger partial charge < -0.3 is 10.4 Å². The number of anilines is 1. The largest absolute Gasteiger partial charge is 0.508 e. The molecule has 0 fully saturated rings. The molecule has 0 spiro atoms. The Morgan fingerprint density at radius 2 is 1.32 bits per heavy atom. The van der Waals surface area contributed by atoms with Crippen LogP contribution in [0.2, 0.25) is 0 Å². The van der Waals surface area contributed by atoms with E-state index >= 15 is 0 Å². The molecule has 109 valence electrons. The van der Waals surface area contributed by atoms with E-state index in [2.05, 4.69) is 5.32 Å². The summed E-state index contributed by atoms with van der Waals surface area (Å²) in [5.74, 6) is 0.232. The number of hydrogen-bond acceptors (Lipinski definition) is 2. The van der Waals surface area contributed by atoms with Crippen molar-refractivity contribution < 1.29 is 5.11 Å². The first kappa shape index (κ1) is 14.0. The third kappa shape index (κ3) is 3.38. The molecule has 0 saturated carbocycles. The molecule has 3 rings (SSSR count). The maximum absolute atomic E-state index is 10.1. The van der Waals surface area contributed by atoms with Crippen LogP contribution in [0, 0.1) is 0 Å². The van der Waals surface area contributed by atoms with Crippen LogP contribution in [0.15, 0.2) is 84.9 Å². The average Bonchev–Trinajstić information content (AvgIpc) is 2.57. The number of benzene rings is 3. The van der Waals surface area contributed by atoms with Crippen LogP contribution in [0.25, 0.3) is 0 Å². The van der Waals surface area contributed by atoms with Crippen molar-refractivity contribution in [2.75, 3.05) is 5.32 Å². The number of phenols is 1. The Bertz CT molecular complexity index is 672. The van der Waals surface area contributed by atoms with E-state index in [1.54, 1.807) is 12.1 Å². The number of aromatic hydroxyl groups is 1. The van der Waals surface area contributed by atoms with Crippen LogP contribution >= 0.6 is 0 Å². The van der Waals surface area contributed by atoms with Crippen LogP contribution < -0.4 is 10.6 Å². The third-order valence-corrected chi connectivity index (χ3v) is 3.34. The molecule has 0 saturated heterocycles. The van der Waals surface area contributed by atoms with Crippen LogP contribution in [0.5, 0.6) is 5.75 Å². The lowest BCUT2D eigenvalue weighted by molar-refractivity contribution is 0.460. The average molecular weight is 289 g/mol. The molecule has 3 heteroatoms. The van der Waals surface area contributed by atoms with Crippen molar-refractivity contribution in [1.82, 2.24) is 5.32 Å². The Kier molecular flexibility index (Phi) is 4.25. The first-order chi connectivity index (χ1) is 10.8. The summed E-state index contributed by atoms with van der Waals surface area (Å²) in [5.41, 5.74) is 2.56. The van der Waals surface area contributed by atoms with Gasteiger partial charge in [0.05, 0.1) is 5.69 Å². The fourth-order valence-corrected chi connectivity index (χ4v) is 2.25. The number of nitrogens with zero attached hydrogens (tertiary/aromatic N) is 1. The summed E-state index contributed by atoms with van der Waals surface area (Å²) in [7, 11) is 0. The molecule has 22 heavy (non-hydrogen) atoms. The second-order valence-corrected chi connectivity index (χ2v) is 4.94. The number of para-hydroxylation sites is 3. The van der Waals surface area contributed by atoms with Gasteiger partial charge in [0.15, 0.2) is 0 Å². The predicted molar refractivity (Wildman–Crippen MR) is 89.1 cm³/mol. The van der Waals surface area contributed by atoms with Gasteiger partial charge in [-0.3, -0.25) is 5.32 Å². The van der Waals surface area contributed by atoms with Crippen LogP contribution in [0.3, 0.4) is 0 Å². The zero-order valence-electron chi connectivity index (χ0n) is 12.1. The first-order valence-corrected chi connectivity index (χ1v) is 7.18. The highest BCUT2D eigenvalue weighted by Gasteiger charge is 2.16. The Morgan fingerprint density at radius 3 is 2.00 bits per heavy atom. The quantitative estimate of drug-likeness (QED) is 0.729.